The van der Waals surface area contributed by atoms with Gasteiger partial charge in [0, 0.05) is 0 Å². The van der Waals surface area contributed by atoms with E-state index in [0.29, 0.717) is 5.06 Å². The minimum Gasteiger partial charge on any atom is -0.329 e. The highest BCUT2D eigenvalue weighted by Crippen LogP contribution is 2.48. The molecule has 3 amide bonds. The van der Waals surface area contributed by atoms with Crippen molar-refractivity contribution in [1.29, 1.82) is 0 Å². The summed E-state index contributed by atoms with van der Waals surface area (Å²) in [5.74, 6) is -0.578. The standard InChI is InChI=1S/C6H11N2O5PS/c1-3-13-14(11,15)7-4-5(9)8(12-2)6(7)10/h3-4H2,1-2H3,(H,11,15). The molecule has 1 saturated heterocycles. The first-order chi connectivity index (χ1) is 6.94. The average Bonchev–Trinajstić information content (AvgIpc) is 2.42. The fraction of sp³-hybridized carbons (Fsp3) is 0.667. The molecule has 0 bridgehead atoms. The first-order valence-corrected chi connectivity index (χ1v) is 6.73. The normalized spacial score (nSPS) is 21.0. The number of hydrogen-bond donors (Lipinski definition) is 1. The van der Waals surface area contributed by atoms with E-state index in [2.05, 4.69) is 4.84 Å². The largest absolute Gasteiger partial charge is 0.359 e. The van der Waals surface area contributed by atoms with Crippen molar-refractivity contribution in [2.24, 2.45) is 0 Å². The van der Waals surface area contributed by atoms with Crippen LogP contribution < -0.4 is 0 Å². The van der Waals surface area contributed by atoms with Crippen molar-refractivity contribution in [2.45, 2.75) is 6.92 Å². The molecule has 0 spiro atoms. The van der Waals surface area contributed by atoms with Gasteiger partial charge < -0.3 is 9.42 Å². The Morgan fingerprint density at radius 2 is 2.20 bits per heavy atom. The molecule has 1 aliphatic rings. The Balaban J connectivity index is 2.87. The van der Waals surface area contributed by atoms with Crippen LogP contribution in [0.2, 0.25) is 0 Å². The van der Waals surface area contributed by atoms with Crippen LogP contribution >= 0.6 is 6.64 Å². The van der Waals surface area contributed by atoms with E-state index in [1.165, 1.54) is 7.11 Å². The van der Waals surface area contributed by atoms with Gasteiger partial charge in [0.2, 0.25) is 0 Å². The number of hydroxylamine groups is 2. The van der Waals surface area contributed by atoms with Gasteiger partial charge in [-0.05, 0) is 18.7 Å². The highest BCUT2D eigenvalue weighted by Gasteiger charge is 2.44. The van der Waals surface area contributed by atoms with Crippen LogP contribution in [-0.4, -0.2) is 46.8 Å². The van der Waals surface area contributed by atoms with Gasteiger partial charge in [0.1, 0.15) is 6.54 Å². The molecule has 1 aliphatic heterocycles. The highest BCUT2D eigenvalue weighted by atomic mass is 32.5. The molecule has 1 unspecified atom stereocenters. The third-order valence-corrected chi connectivity index (χ3v) is 4.12. The van der Waals surface area contributed by atoms with Crippen LogP contribution in [0, 0.1) is 0 Å². The lowest BCUT2D eigenvalue weighted by molar-refractivity contribution is -0.153. The predicted molar refractivity (Wildman–Crippen MR) is 54.1 cm³/mol. The van der Waals surface area contributed by atoms with E-state index in [9.17, 15) is 14.5 Å². The summed E-state index contributed by atoms with van der Waals surface area (Å²) in [6.07, 6.45) is 0. The molecule has 1 rings (SSSR count). The second kappa shape index (κ2) is 4.54. The molecule has 9 heteroatoms. The summed E-state index contributed by atoms with van der Waals surface area (Å²) in [4.78, 5) is 36.9. The molecule has 0 aliphatic carbocycles. The first-order valence-electron chi connectivity index (χ1n) is 4.10. The second-order valence-corrected chi connectivity index (χ2v) is 5.77. The van der Waals surface area contributed by atoms with Crippen LogP contribution in [-0.2, 0) is 26.0 Å². The fourth-order valence-electron chi connectivity index (χ4n) is 1.09. The Hall–Kier alpha value is -0.530. The van der Waals surface area contributed by atoms with Crippen LogP contribution in [0.25, 0.3) is 0 Å². The van der Waals surface area contributed by atoms with Gasteiger partial charge in [-0.15, -0.1) is 5.06 Å². The SMILES string of the molecule is CCOP(O)(=S)N1CC(=O)N(OC)C1=O. The Bertz CT molecular complexity index is 335. The van der Waals surface area contributed by atoms with Crippen molar-refractivity contribution >= 4 is 30.4 Å². The molecule has 0 aromatic rings. The summed E-state index contributed by atoms with van der Waals surface area (Å²) in [5.41, 5.74) is 0. The zero-order valence-corrected chi connectivity index (χ0v) is 9.96. The number of urea groups is 1. The Kier molecular flexibility index (Phi) is 3.80. The van der Waals surface area contributed by atoms with Crippen molar-refractivity contribution in [1.82, 2.24) is 9.73 Å². The van der Waals surface area contributed by atoms with Gasteiger partial charge in [-0.1, -0.05) is 0 Å². The number of hydrogen-bond acceptors (Lipinski definition) is 5. The lowest BCUT2D eigenvalue weighted by Crippen LogP contribution is -2.31. The monoisotopic (exact) mass is 254 g/mol. The Labute approximate surface area is 91.7 Å². The van der Waals surface area contributed by atoms with E-state index in [1.807, 2.05) is 0 Å². The number of carbonyl (C=O) groups excluding carboxylic acids is 2. The zero-order chi connectivity index (χ0) is 11.6. The minimum atomic E-state index is -3.41. The lowest BCUT2D eigenvalue weighted by atomic mass is 10.7. The molecule has 0 aromatic heterocycles. The third-order valence-electron chi connectivity index (χ3n) is 1.69. The Morgan fingerprint density at radius 1 is 1.60 bits per heavy atom. The van der Waals surface area contributed by atoms with Crippen molar-refractivity contribution < 1.29 is 23.8 Å². The lowest BCUT2D eigenvalue weighted by Gasteiger charge is -2.23. The fourth-order valence-corrected chi connectivity index (χ4v) is 2.86. The zero-order valence-electron chi connectivity index (χ0n) is 8.24. The van der Waals surface area contributed by atoms with Gasteiger partial charge in [0.05, 0.1) is 13.7 Å². The Morgan fingerprint density at radius 3 is 2.60 bits per heavy atom. The molecule has 0 aromatic carbocycles. The van der Waals surface area contributed by atoms with Crippen molar-refractivity contribution in [3.05, 3.63) is 0 Å². The molecule has 1 atom stereocenters. The number of rotatable bonds is 4. The van der Waals surface area contributed by atoms with Crippen LogP contribution in [0.5, 0.6) is 0 Å². The number of carbonyl (C=O) groups is 2. The summed E-state index contributed by atoms with van der Waals surface area (Å²) >= 11 is 4.75. The maximum Gasteiger partial charge on any atom is 0.359 e. The number of amides is 3. The van der Waals surface area contributed by atoms with Crippen LogP contribution in [0.4, 0.5) is 4.79 Å². The predicted octanol–water partition coefficient (Wildman–Crippen LogP) is 0.0653. The molecule has 15 heavy (non-hydrogen) atoms. The van der Waals surface area contributed by atoms with E-state index in [4.69, 9.17) is 16.3 Å². The first kappa shape index (κ1) is 12.5. The summed E-state index contributed by atoms with van der Waals surface area (Å²) < 4.78 is 5.69. The van der Waals surface area contributed by atoms with E-state index in [1.54, 1.807) is 6.92 Å². The summed E-state index contributed by atoms with van der Waals surface area (Å²) in [6.45, 7) is -1.93. The summed E-state index contributed by atoms with van der Waals surface area (Å²) in [7, 11) is 1.18. The van der Waals surface area contributed by atoms with Gasteiger partial charge in [0.15, 0.2) is 0 Å². The van der Waals surface area contributed by atoms with Crippen LogP contribution in [0.15, 0.2) is 0 Å². The van der Waals surface area contributed by atoms with Crippen molar-refractivity contribution in [2.75, 3.05) is 20.3 Å². The van der Waals surface area contributed by atoms with Crippen molar-refractivity contribution in [3.8, 4) is 0 Å². The summed E-state index contributed by atoms with van der Waals surface area (Å²) in [5, 5.41) is 0.538. The highest BCUT2D eigenvalue weighted by molar-refractivity contribution is 8.08. The smallest absolute Gasteiger partial charge is 0.329 e. The number of nitrogens with zero attached hydrogens (tertiary/aromatic N) is 2. The maximum atomic E-state index is 11.5. The molecule has 0 radical (unpaired) electrons. The van der Waals surface area contributed by atoms with Gasteiger partial charge in [-0.3, -0.25) is 9.63 Å². The number of imide groups is 1. The maximum absolute atomic E-state index is 11.5. The molecule has 86 valence electrons. The molecule has 1 fully saturated rings. The molecule has 1 heterocycles. The van der Waals surface area contributed by atoms with Gasteiger partial charge in [0.25, 0.3) is 12.5 Å². The average molecular weight is 254 g/mol. The van der Waals surface area contributed by atoms with Crippen LogP contribution in [0.1, 0.15) is 6.92 Å². The van der Waals surface area contributed by atoms with Gasteiger partial charge in [-0.25, -0.2) is 9.46 Å². The topological polar surface area (TPSA) is 79.3 Å². The van der Waals surface area contributed by atoms with E-state index in [0.717, 1.165) is 4.67 Å². The minimum absolute atomic E-state index is 0.165. The van der Waals surface area contributed by atoms with Gasteiger partial charge >= 0.3 is 6.03 Å². The van der Waals surface area contributed by atoms with E-state index < -0.39 is 18.6 Å². The molecule has 0 saturated carbocycles. The van der Waals surface area contributed by atoms with E-state index >= 15 is 0 Å². The second-order valence-electron chi connectivity index (χ2n) is 2.62. The quantitative estimate of drug-likeness (QED) is 0.564. The molecular weight excluding hydrogens is 243 g/mol. The molecule has 7 nitrogen and oxygen atoms in total. The van der Waals surface area contributed by atoms with Crippen molar-refractivity contribution in [3.63, 3.8) is 0 Å². The molecule has 1 N–H and O–H groups in total. The third kappa shape index (κ3) is 2.35. The summed E-state index contributed by atoms with van der Waals surface area (Å²) in [6, 6.07) is -0.790. The van der Waals surface area contributed by atoms with E-state index in [-0.39, 0.29) is 13.2 Å². The van der Waals surface area contributed by atoms with Crippen LogP contribution in [0.3, 0.4) is 0 Å². The molecular formula is C6H11N2O5PS. The van der Waals surface area contributed by atoms with Gasteiger partial charge in [-0.2, -0.15) is 0 Å².